The Balaban J connectivity index is 1.81. The molecule has 1 N–H and O–H groups in total. The molecule has 2 aromatic carbocycles. The fraction of sp³-hybridized carbons (Fsp3) is 0.222. The van der Waals surface area contributed by atoms with E-state index in [-0.39, 0.29) is 16.3 Å². The van der Waals surface area contributed by atoms with Gasteiger partial charge >= 0.3 is 5.97 Å². The van der Waals surface area contributed by atoms with Crippen molar-refractivity contribution in [2.24, 2.45) is 0 Å². The van der Waals surface area contributed by atoms with E-state index in [1.807, 2.05) is 6.92 Å². The number of nitrogens with one attached hydrogen (secondary N) is 1. The highest BCUT2D eigenvalue weighted by Gasteiger charge is 2.18. The number of rotatable bonds is 7. The smallest absolute Gasteiger partial charge is 0.307 e. The van der Waals surface area contributed by atoms with Crippen LogP contribution in [-0.4, -0.2) is 32.7 Å². The molecule has 27 heavy (non-hydrogen) atoms. The largest absolute Gasteiger partial charge is 0.456 e. The average Bonchev–Trinajstić information content (AvgIpc) is 2.61. The molecular formula is C18H17Cl2NO5S. The second-order valence-corrected chi connectivity index (χ2v) is 8.67. The van der Waals surface area contributed by atoms with E-state index in [0.717, 1.165) is 5.56 Å². The molecule has 0 aliphatic rings. The number of esters is 1. The Morgan fingerprint density at radius 3 is 2.37 bits per heavy atom. The first-order valence-electron chi connectivity index (χ1n) is 7.87. The van der Waals surface area contributed by atoms with Crippen LogP contribution in [0.2, 0.25) is 10.0 Å². The number of anilines is 1. The molecule has 0 heterocycles. The minimum atomic E-state index is -3.60. The molecule has 0 saturated heterocycles. The van der Waals surface area contributed by atoms with Gasteiger partial charge < -0.3 is 10.1 Å². The Bertz CT molecular complexity index is 943. The van der Waals surface area contributed by atoms with Crippen LogP contribution in [0, 0.1) is 6.92 Å². The topological polar surface area (TPSA) is 89.5 Å². The molecule has 9 heteroatoms. The van der Waals surface area contributed by atoms with Gasteiger partial charge in [-0.15, -0.1) is 0 Å². The Morgan fingerprint density at radius 1 is 1.07 bits per heavy atom. The number of hydrogen-bond acceptors (Lipinski definition) is 5. The van der Waals surface area contributed by atoms with Crippen molar-refractivity contribution < 1.29 is 22.7 Å². The third-order valence-corrected chi connectivity index (χ3v) is 5.80. The fourth-order valence-corrected chi connectivity index (χ4v) is 3.75. The number of ether oxygens (including phenoxy) is 1. The molecular weight excluding hydrogens is 413 g/mol. The van der Waals surface area contributed by atoms with Crippen LogP contribution < -0.4 is 5.32 Å². The molecule has 0 unspecified atom stereocenters. The van der Waals surface area contributed by atoms with Gasteiger partial charge in [-0.1, -0.05) is 40.9 Å². The lowest BCUT2D eigenvalue weighted by atomic mass is 10.2. The SMILES string of the molecule is Cc1ccc(S(=O)(=O)CCC(=O)OCC(=O)Nc2ccc(Cl)cc2Cl)cc1. The average molecular weight is 430 g/mol. The van der Waals surface area contributed by atoms with E-state index >= 15 is 0 Å². The van der Waals surface area contributed by atoms with Crippen molar-refractivity contribution in [2.45, 2.75) is 18.2 Å². The molecule has 6 nitrogen and oxygen atoms in total. The second-order valence-electron chi connectivity index (χ2n) is 5.71. The van der Waals surface area contributed by atoms with Crippen molar-refractivity contribution in [3.05, 3.63) is 58.1 Å². The van der Waals surface area contributed by atoms with Crippen LogP contribution in [0.15, 0.2) is 47.4 Å². The summed E-state index contributed by atoms with van der Waals surface area (Å²) < 4.78 is 29.2. The summed E-state index contributed by atoms with van der Waals surface area (Å²) in [6.45, 7) is 1.29. The van der Waals surface area contributed by atoms with E-state index in [0.29, 0.717) is 10.7 Å². The molecule has 0 spiro atoms. The highest BCUT2D eigenvalue weighted by Crippen LogP contribution is 2.25. The van der Waals surface area contributed by atoms with Crippen LogP contribution >= 0.6 is 23.2 Å². The van der Waals surface area contributed by atoms with Crippen molar-refractivity contribution >= 4 is 50.6 Å². The third kappa shape index (κ3) is 6.53. The van der Waals surface area contributed by atoms with Gasteiger partial charge in [-0.25, -0.2) is 8.42 Å². The minimum Gasteiger partial charge on any atom is -0.456 e. The van der Waals surface area contributed by atoms with E-state index in [4.69, 9.17) is 27.9 Å². The second kappa shape index (κ2) is 9.21. The molecule has 0 radical (unpaired) electrons. The highest BCUT2D eigenvalue weighted by atomic mass is 35.5. The number of carbonyl (C=O) groups is 2. The Labute approximate surface area is 167 Å². The van der Waals surface area contributed by atoms with Gasteiger partial charge in [0.25, 0.3) is 5.91 Å². The summed E-state index contributed by atoms with van der Waals surface area (Å²) in [7, 11) is -3.60. The molecule has 0 saturated carbocycles. The van der Waals surface area contributed by atoms with E-state index in [1.165, 1.54) is 24.3 Å². The maximum Gasteiger partial charge on any atom is 0.307 e. The lowest BCUT2D eigenvalue weighted by Crippen LogP contribution is -2.22. The van der Waals surface area contributed by atoms with Gasteiger partial charge in [0.05, 0.1) is 27.8 Å². The van der Waals surface area contributed by atoms with Crippen LogP contribution in [0.4, 0.5) is 5.69 Å². The molecule has 2 aromatic rings. The molecule has 0 aliphatic heterocycles. The molecule has 0 fully saturated rings. The maximum absolute atomic E-state index is 12.2. The molecule has 2 rings (SSSR count). The Kier molecular flexibility index (Phi) is 7.24. The van der Waals surface area contributed by atoms with Gasteiger partial charge in [0, 0.05) is 5.02 Å². The zero-order valence-electron chi connectivity index (χ0n) is 14.4. The van der Waals surface area contributed by atoms with Crippen molar-refractivity contribution in [1.82, 2.24) is 0 Å². The third-order valence-electron chi connectivity index (χ3n) is 3.52. The molecule has 0 atom stereocenters. The summed E-state index contributed by atoms with van der Waals surface area (Å²) in [4.78, 5) is 23.7. The lowest BCUT2D eigenvalue weighted by molar-refractivity contribution is -0.146. The summed E-state index contributed by atoms with van der Waals surface area (Å²) in [6, 6.07) is 10.8. The van der Waals surface area contributed by atoms with Gasteiger partial charge in [-0.05, 0) is 37.3 Å². The fourth-order valence-electron chi connectivity index (χ4n) is 2.08. The summed E-state index contributed by atoms with van der Waals surface area (Å²) in [5, 5.41) is 3.13. The zero-order chi connectivity index (χ0) is 20.0. The molecule has 0 bridgehead atoms. The van der Waals surface area contributed by atoms with Crippen LogP contribution in [-0.2, 0) is 24.2 Å². The predicted molar refractivity (Wildman–Crippen MR) is 104 cm³/mol. The lowest BCUT2D eigenvalue weighted by Gasteiger charge is -2.09. The van der Waals surface area contributed by atoms with E-state index in [1.54, 1.807) is 18.2 Å². The standard InChI is InChI=1S/C18H17Cl2NO5S/c1-12-2-5-14(6-3-12)27(24,25)9-8-18(23)26-11-17(22)21-16-7-4-13(19)10-15(16)20/h2-7,10H,8-9,11H2,1H3,(H,21,22). The van der Waals surface area contributed by atoms with Crippen LogP contribution in [0.1, 0.15) is 12.0 Å². The van der Waals surface area contributed by atoms with Crippen molar-refractivity contribution in [3.8, 4) is 0 Å². The first-order valence-corrected chi connectivity index (χ1v) is 10.3. The summed E-state index contributed by atoms with van der Waals surface area (Å²) >= 11 is 11.7. The quantitative estimate of drug-likeness (QED) is 0.678. The van der Waals surface area contributed by atoms with Gasteiger partial charge in [-0.2, -0.15) is 0 Å². The minimum absolute atomic E-state index is 0.135. The van der Waals surface area contributed by atoms with Crippen molar-refractivity contribution in [2.75, 3.05) is 17.7 Å². The monoisotopic (exact) mass is 429 g/mol. The molecule has 0 aliphatic carbocycles. The maximum atomic E-state index is 12.2. The van der Waals surface area contributed by atoms with Crippen LogP contribution in [0.5, 0.6) is 0 Å². The summed E-state index contributed by atoms with van der Waals surface area (Å²) in [5.74, 6) is -1.79. The summed E-state index contributed by atoms with van der Waals surface area (Å²) in [5.41, 5.74) is 1.25. The van der Waals surface area contributed by atoms with E-state index in [9.17, 15) is 18.0 Å². The van der Waals surface area contributed by atoms with Gasteiger partial charge in [0.2, 0.25) is 0 Å². The van der Waals surface area contributed by atoms with Gasteiger partial charge in [0.1, 0.15) is 0 Å². The van der Waals surface area contributed by atoms with Gasteiger partial charge in [-0.3, -0.25) is 9.59 Å². The molecule has 0 aromatic heterocycles. The Morgan fingerprint density at radius 2 is 1.74 bits per heavy atom. The van der Waals surface area contributed by atoms with E-state index < -0.39 is 34.1 Å². The van der Waals surface area contributed by atoms with E-state index in [2.05, 4.69) is 5.32 Å². The normalized spacial score (nSPS) is 11.1. The summed E-state index contributed by atoms with van der Waals surface area (Å²) in [6.07, 6.45) is -0.356. The number of sulfone groups is 1. The first kappa shape index (κ1) is 21.2. The number of benzene rings is 2. The first-order chi connectivity index (χ1) is 12.7. The van der Waals surface area contributed by atoms with Crippen LogP contribution in [0.25, 0.3) is 0 Å². The molecule has 1 amide bonds. The zero-order valence-corrected chi connectivity index (χ0v) is 16.7. The molecule has 144 valence electrons. The highest BCUT2D eigenvalue weighted by molar-refractivity contribution is 7.91. The van der Waals surface area contributed by atoms with Crippen molar-refractivity contribution in [3.63, 3.8) is 0 Å². The number of carbonyl (C=O) groups excluding carboxylic acids is 2. The number of halogens is 2. The number of aryl methyl sites for hydroxylation is 1. The van der Waals surface area contributed by atoms with Crippen molar-refractivity contribution in [1.29, 1.82) is 0 Å². The predicted octanol–water partition coefficient (Wildman–Crippen LogP) is 3.65. The van der Waals surface area contributed by atoms with Crippen LogP contribution in [0.3, 0.4) is 0 Å². The number of hydrogen-bond donors (Lipinski definition) is 1. The number of amides is 1. The van der Waals surface area contributed by atoms with Gasteiger partial charge in [0.15, 0.2) is 16.4 Å². The Hall–Kier alpha value is -2.09.